The smallest absolute Gasteiger partial charge is 0.0499 e. The molecule has 0 aliphatic heterocycles. The fourth-order valence-corrected chi connectivity index (χ4v) is 3.02. The van der Waals surface area contributed by atoms with Gasteiger partial charge >= 0.3 is 0 Å². The molecule has 2 nitrogen and oxygen atoms in total. The van der Waals surface area contributed by atoms with E-state index in [0.717, 1.165) is 25.9 Å². The largest absolute Gasteiger partial charge is 0.396 e. The maximum absolute atomic E-state index is 9.53. The normalized spacial score (nSPS) is 13.1. The predicted octanol–water partition coefficient (Wildman–Crippen LogP) is 3.30. The molecule has 0 atom stereocenters. The van der Waals surface area contributed by atoms with Crippen LogP contribution in [0.2, 0.25) is 0 Å². The minimum Gasteiger partial charge on any atom is -0.396 e. The summed E-state index contributed by atoms with van der Waals surface area (Å²) in [6.07, 6.45) is 6.67. The van der Waals surface area contributed by atoms with E-state index in [4.69, 9.17) is 0 Å². The van der Waals surface area contributed by atoms with Crippen LogP contribution in [0.15, 0.2) is 0 Å². The van der Waals surface area contributed by atoms with Crippen LogP contribution in [-0.2, 0) is 0 Å². The molecular weight excluding hydrogens is 230 g/mol. The summed E-state index contributed by atoms with van der Waals surface area (Å²) >= 11 is 1.97. The fraction of sp³-hybridized carbons (Fsp3) is 1.00. The third-order valence-electron chi connectivity index (χ3n) is 4.50. The molecule has 0 unspecified atom stereocenters. The Morgan fingerprint density at radius 2 is 1.47 bits per heavy atom. The minimum absolute atomic E-state index is 0.0750. The lowest BCUT2D eigenvalue weighted by molar-refractivity contribution is 0.112. The van der Waals surface area contributed by atoms with Gasteiger partial charge in [0.15, 0.2) is 0 Å². The summed E-state index contributed by atoms with van der Waals surface area (Å²) in [5.41, 5.74) is 0.0750. The quantitative estimate of drug-likeness (QED) is 0.633. The van der Waals surface area contributed by atoms with Crippen molar-refractivity contribution in [3.8, 4) is 0 Å². The molecule has 17 heavy (non-hydrogen) atoms. The average Bonchev–Trinajstić information content (AvgIpc) is 2.41. The maximum atomic E-state index is 9.53. The Kier molecular flexibility index (Phi) is 8.52. The molecule has 0 bridgehead atoms. The molecule has 0 radical (unpaired) electrons. The van der Waals surface area contributed by atoms with E-state index >= 15 is 0 Å². The van der Waals surface area contributed by atoms with Crippen molar-refractivity contribution in [2.24, 2.45) is 5.41 Å². The van der Waals surface area contributed by atoms with Crippen molar-refractivity contribution in [3.63, 3.8) is 0 Å². The summed E-state index contributed by atoms with van der Waals surface area (Å²) in [6, 6.07) is 0. The van der Waals surface area contributed by atoms with Gasteiger partial charge in [0.25, 0.3) is 0 Å². The molecule has 0 aromatic heterocycles. The van der Waals surface area contributed by atoms with Crippen LogP contribution in [0.25, 0.3) is 0 Å². The first-order valence-corrected chi connectivity index (χ1v) is 8.16. The van der Waals surface area contributed by atoms with Crippen molar-refractivity contribution >= 4 is 11.8 Å². The van der Waals surface area contributed by atoms with Gasteiger partial charge in [0.05, 0.1) is 0 Å². The van der Waals surface area contributed by atoms with Crippen molar-refractivity contribution in [1.29, 1.82) is 0 Å². The molecule has 0 aromatic carbocycles. The summed E-state index contributed by atoms with van der Waals surface area (Å²) in [6.45, 7) is 11.1. The SMILES string of the molecule is CCC(CC)(CO)CNCC(CC)(CC)SC. The molecular formula is C14H31NOS. The molecule has 104 valence electrons. The first-order chi connectivity index (χ1) is 8.07. The van der Waals surface area contributed by atoms with Crippen LogP contribution in [0.5, 0.6) is 0 Å². The molecule has 0 spiro atoms. The van der Waals surface area contributed by atoms with Crippen molar-refractivity contribution in [2.75, 3.05) is 26.0 Å². The van der Waals surface area contributed by atoms with E-state index in [9.17, 15) is 5.11 Å². The number of aliphatic hydroxyl groups excluding tert-OH is 1. The zero-order valence-corrected chi connectivity index (χ0v) is 13.1. The molecule has 0 heterocycles. The molecule has 2 N–H and O–H groups in total. The van der Waals surface area contributed by atoms with Gasteiger partial charge in [-0.15, -0.1) is 0 Å². The molecule has 0 saturated heterocycles. The first kappa shape index (κ1) is 17.3. The Labute approximate surface area is 112 Å². The summed E-state index contributed by atoms with van der Waals surface area (Å²) in [4.78, 5) is 0. The number of nitrogens with one attached hydrogen (secondary N) is 1. The van der Waals surface area contributed by atoms with Crippen LogP contribution in [0.3, 0.4) is 0 Å². The van der Waals surface area contributed by atoms with Crippen LogP contribution in [0, 0.1) is 5.41 Å². The average molecular weight is 261 g/mol. The summed E-state index contributed by atoms with van der Waals surface area (Å²) in [5.74, 6) is 0. The van der Waals surface area contributed by atoms with Crippen LogP contribution < -0.4 is 5.32 Å². The Morgan fingerprint density at radius 3 is 1.76 bits per heavy atom. The van der Waals surface area contributed by atoms with Gasteiger partial charge in [0.1, 0.15) is 0 Å². The molecule has 0 saturated carbocycles. The van der Waals surface area contributed by atoms with Crippen LogP contribution in [0.4, 0.5) is 0 Å². The van der Waals surface area contributed by atoms with Gasteiger partial charge in [-0.2, -0.15) is 11.8 Å². The van der Waals surface area contributed by atoms with Crippen molar-refractivity contribution in [2.45, 2.75) is 58.1 Å². The summed E-state index contributed by atoms with van der Waals surface area (Å²) in [7, 11) is 0. The fourth-order valence-electron chi connectivity index (χ4n) is 2.20. The van der Waals surface area contributed by atoms with E-state index in [1.165, 1.54) is 12.8 Å². The van der Waals surface area contributed by atoms with Crippen molar-refractivity contribution in [1.82, 2.24) is 5.32 Å². The number of rotatable bonds is 10. The van der Waals surface area contributed by atoms with E-state index in [0.29, 0.717) is 4.75 Å². The van der Waals surface area contributed by atoms with Crippen molar-refractivity contribution in [3.05, 3.63) is 0 Å². The summed E-state index contributed by atoms with van der Waals surface area (Å²) in [5, 5.41) is 13.1. The minimum atomic E-state index is 0.0750. The third-order valence-corrected chi connectivity index (χ3v) is 6.09. The van der Waals surface area contributed by atoms with Crippen LogP contribution in [0.1, 0.15) is 53.4 Å². The van der Waals surface area contributed by atoms with E-state index in [1.54, 1.807) is 0 Å². The van der Waals surface area contributed by atoms with Gasteiger partial charge in [0, 0.05) is 29.9 Å². The zero-order valence-electron chi connectivity index (χ0n) is 12.3. The van der Waals surface area contributed by atoms with Crippen molar-refractivity contribution < 1.29 is 5.11 Å². The second-order valence-corrected chi connectivity index (χ2v) is 6.34. The lowest BCUT2D eigenvalue weighted by Crippen LogP contribution is -2.43. The molecule has 0 aromatic rings. The van der Waals surface area contributed by atoms with Gasteiger partial charge in [-0.1, -0.05) is 27.7 Å². The molecule has 0 aliphatic carbocycles. The zero-order chi connectivity index (χ0) is 13.4. The van der Waals surface area contributed by atoms with E-state index in [-0.39, 0.29) is 12.0 Å². The molecule has 3 heteroatoms. The number of aliphatic hydroxyl groups is 1. The van der Waals surface area contributed by atoms with Gasteiger partial charge < -0.3 is 10.4 Å². The number of hydrogen-bond acceptors (Lipinski definition) is 3. The standard InChI is InChI=1S/C14H31NOS/c1-6-13(7-2,12-16)10-15-11-14(8-3,9-4)17-5/h15-16H,6-12H2,1-5H3. The Balaban J connectivity index is 4.28. The lowest BCUT2D eigenvalue weighted by Gasteiger charge is -2.34. The van der Waals surface area contributed by atoms with Gasteiger partial charge in [-0.25, -0.2) is 0 Å². The second-order valence-electron chi connectivity index (χ2n) is 5.06. The highest BCUT2D eigenvalue weighted by Crippen LogP contribution is 2.30. The highest BCUT2D eigenvalue weighted by molar-refractivity contribution is 8.00. The maximum Gasteiger partial charge on any atom is 0.0499 e. The Hall–Kier alpha value is 0.270. The molecule has 0 fully saturated rings. The number of hydrogen-bond donors (Lipinski definition) is 2. The second kappa shape index (κ2) is 8.39. The topological polar surface area (TPSA) is 32.3 Å². The Bertz CT molecular complexity index is 152. The number of thioether (sulfide) groups is 1. The van der Waals surface area contributed by atoms with E-state index < -0.39 is 0 Å². The van der Waals surface area contributed by atoms with Gasteiger partial charge in [-0.3, -0.25) is 0 Å². The molecule has 0 aliphatic rings. The third kappa shape index (κ3) is 4.80. The molecule has 0 amide bonds. The van der Waals surface area contributed by atoms with Crippen LogP contribution >= 0.6 is 11.8 Å². The highest BCUT2D eigenvalue weighted by Gasteiger charge is 2.28. The van der Waals surface area contributed by atoms with E-state index in [1.807, 2.05) is 11.8 Å². The first-order valence-electron chi connectivity index (χ1n) is 6.94. The van der Waals surface area contributed by atoms with Crippen LogP contribution in [-0.4, -0.2) is 35.8 Å². The van der Waals surface area contributed by atoms with E-state index in [2.05, 4.69) is 39.3 Å². The van der Waals surface area contributed by atoms with Gasteiger partial charge in [-0.05, 0) is 31.9 Å². The van der Waals surface area contributed by atoms with Gasteiger partial charge in [0.2, 0.25) is 0 Å². The monoisotopic (exact) mass is 261 g/mol. The Morgan fingerprint density at radius 1 is 0.941 bits per heavy atom. The highest BCUT2D eigenvalue weighted by atomic mass is 32.2. The lowest BCUT2D eigenvalue weighted by atomic mass is 9.83. The predicted molar refractivity (Wildman–Crippen MR) is 79.8 cm³/mol. The molecule has 0 rings (SSSR count). The summed E-state index contributed by atoms with van der Waals surface area (Å²) < 4.78 is 0.364.